The van der Waals surface area contributed by atoms with Gasteiger partial charge in [0.2, 0.25) is 0 Å². The van der Waals surface area contributed by atoms with E-state index in [9.17, 15) is 14.7 Å². The van der Waals surface area contributed by atoms with Gasteiger partial charge in [0.05, 0.1) is 21.7 Å². The standard InChI is InChI=1S/C28H26Cl2N2O4/c1-31(2)13-14-32-25(19-9-6-10-21(15-19)36-17-18-7-4-3-5-8-18)24(27(34)28(32)35)26(33)20-11-12-22(29)23(30)16-20/h3-12,15-16,25,33H,13-14,17H2,1-2H3/b26-24-. The number of aliphatic hydroxyl groups excluding tert-OH is 1. The summed E-state index contributed by atoms with van der Waals surface area (Å²) in [4.78, 5) is 29.7. The van der Waals surface area contributed by atoms with Crippen LogP contribution in [-0.4, -0.2) is 53.8 Å². The summed E-state index contributed by atoms with van der Waals surface area (Å²) in [5.74, 6) is -1.14. The molecule has 3 aromatic carbocycles. The van der Waals surface area contributed by atoms with Crippen molar-refractivity contribution < 1.29 is 19.4 Å². The molecule has 1 atom stereocenters. The van der Waals surface area contributed by atoms with Gasteiger partial charge in [-0.05, 0) is 55.6 Å². The Morgan fingerprint density at radius 3 is 2.42 bits per heavy atom. The van der Waals surface area contributed by atoms with Crippen LogP contribution in [-0.2, 0) is 16.2 Å². The minimum atomic E-state index is -0.792. The fraction of sp³-hybridized carbons (Fsp3) is 0.214. The minimum absolute atomic E-state index is 0.00245. The molecule has 1 heterocycles. The third-order valence-corrected chi connectivity index (χ3v) is 6.68. The number of likely N-dealkylation sites (tertiary alicyclic amines) is 1. The van der Waals surface area contributed by atoms with Gasteiger partial charge in [-0.1, -0.05) is 65.7 Å². The van der Waals surface area contributed by atoms with Crippen LogP contribution in [0.15, 0.2) is 78.4 Å². The summed E-state index contributed by atoms with van der Waals surface area (Å²) >= 11 is 12.2. The van der Waals surface area contributed by atoms with Gasteiger partial charge in [-0.15, -0.1) is 0 Å². The number of nitrogens with zero attached hydrogens (tertiary/aromatic N) is 2. The van der Waals surface area contributed by atoms with Crippen LogP contribution in [0.3, 0.4) is 0 Å². The van der Waals surface area contributed by atoms with Crippen molar-refractivity contribution in [3.05, 3.63) is 105 Å². The average molecular weight is 525 g/mol. The molecule has 0 aromatic heterocycles. The van der Waals surface area contributed by atoms with Crippen molar-refractivity contribution in [3.8, 4) is 5.75 Å². The summed E-state index contributed by atoms with van der Waals surface area (Å²) in [7, 11) is 3.78. The second-order valence-corrected chi connectivity index (χ2v) is 9.59. The Kier molecular flexibility index (Phi) is 7.99. The average Bonchev–Trinajstić information content (AvgIpc) is 3.13. The molecule has 0 saturated carbocycles. The summed E-state index contributed by atoms with van der Waals surface area (Å²) in [6.07, 6.45) is 0. The van der Waals surface area contributed by atoms with E-state index in [1.807, 2.05) is 61.5 Å². The zero-order valence-electron chi connectivity index (χ0n) is 19.9. The molecule has 1 unspecified atom stereocenters. The second-order valence-electron chi connectivity index (χ2n) is 8.77. The van der Waals surface area contributed by atoms with E-state index in [4.69, 9.17) is 27.9 Å². The Bertz CT molecular complexity index is 1310. The maximum Gasteiger partial charge on any atom is 0.295 e. The quantitative estimate of drug-likeness (QED) is 0.237. The van der Waals surface area contributed by atoms with Crippen molar-refractivity contribution in [2.75, 3.05) is 27.2 Å². The highest BCUT2D eigenvalue weighted by Gasteiger charge is 2.46. The number of aliphatic hydroxyl groups is 1. The molecule has 0 bridgehead atoms. The number of ether oxygens (including phenoxy) is 1. The first-order chi connectivity index (χ1) is 17.3. The predicted octanol–water partition coefficient (Wildman–Crippen LogP) is 5.56. The van der Waals surface area contributed by atoms with E-state index < -0.39 is 17.7 Å². The van der Waals surface area contributed by atoms with Crippen LogP contribution in [0.25, 0.3) is 5.76 Å². The van der Waals surface area contributed by atoms with Crippen molar-refractivity contribution >= 4 is 40.7 Å². The van der Waals surface area contributed by atoms with Crippen molar-refractivity contribution in [2.45, 2.75) is 12.6 Å². The molecular formula is C28H26Cl2N2O4. The number of carbonyl (C=O) groups is 2. The highest BCUT2D eigenvalue weighted by atomic mass is 35.5. The fourth-order valence-corrected chi connectivity index (χ4v) is 4.38. The van der Waals surface area contributed by atoms with Crippen molar-refractivity contribution in [1.82, 2.24) is 9.80 Å². The van der Waals surface area contributed by atoms with Gasteiger partial charge in [0.25, 0.3) is 11.7 Å². The number of carbonyl (C=O) groups excluding carboxylic acids is 2. The highest BCUT2D eigenvalue weighted by Crippen LogP contribution is 2.40. The van der Waals surface area contributed by atoms with Gasteiger partial charge in [-0.2, -0.15) is 0 Å². The topological polar surface area (TPSA) is 70.1 Å². The minimum Gasteiger partial charge on any atom is -0.507 e. The number of hydrogen-bond donors (Lipinski definition) is 1. The molecule has 8 heteroatoms. The molecule has 1 N–H and O–H groups in total. The van der Waals surface area contributed by atoms with Crippen molar-refractivity contribution in [2.24, 2.45) is 0 Å². The van der Waals surface area contributed by atoms with Crippen LogP contribution < -0.4 is 4.74 Å². The molecule has 1 aliphatic heterocycles. The monoisotopic (exact) mass is 524 g/mol. The first-order valence-corrected chi connectivity index (χ1v) is 12.2. The number of Topliss-reactive ketones (excluding diaryl/α,β-unsaturated/α-hetero) is 1. The molecule has 0 spiro atoms. The number of rotatable bonds is 8. The van der Waals surface area contributed by atoms with E-state index in [0.717, 1.165) is 5.56 Å². The molecule has 6 nitrogen and oxygen atoms in total. The van der Waals surface area contributed by atoms with Crippen LogP contribution in [0.1, 0.15) is 22.7 Å². The third-order valence-electron chi connectivity index (χ3n) is 5.94. The molecule has 3 aromatic rings. The zero-order chi connectivity index (χ0) is 25.8. The lowest BCUT2D eigenvalue weighted by Gasteiger charge is -2.27. The molecule has 1 amide bonds. The fourth-order valence-electron chi connectivity index (χ4n) is 4.08. The van der Waals surface area contributed by atoms with Gasteiger partial charge < -0.3 is 19.6 Å². The Morgan fingerprint density at radius 2 is 1.72 bits per heavy atom. The van der Waals surface area contributed by atoms with Gasteiger partial charge in [-0.3, -0.25) is 9.59 Å². The number of hydrogen-bond acceptors (Lipinski definition) is 5. The van der Waals surface area contributed by atoms with Gasteiger partial charge in [0, 0.05) is 18.7 Å². The van der Waals surface area contributed by atoms with Crippen LogP contribution in [0.5, 0.6) is 5.75 Å². The highest BCUT2D eigenvalue weighted by molar-refractivity contribution is 6.46. The normalized spacial score (nSPS) is 17.1. The third kappa shape index (κ3) is 5.57. The van der Waals surface area contributed by atoms with Crippen molar-refractivity contribution in [1.29, 1.82) is 0 Å². The largest absolute Gasteiger partial charge is 0.507 e. The maximum absolute atomic E-state index is 13.2. The summed E-state index contributed by atoms with van der Waals surface area (Å²) in [5.41, 5.74) is 1.97. The molecule has 36 heavy (non-hydrogen) atoms. The molecule has 1 aliphatic rings. The van der Waals surface area contributed by atoms with E-state index in [1.165, 1.54) is 17.0 Å². The first kappa shape index (κ1) is 25.8. The molecule has 186 valence electrons. The summed E-state index contributed by atoms with van der Waals surface area (Å²) < 4.78 is 5.98. The van der Waals surface area contributed by atoms with E-state index in [-0.39, 0.29) is 16.4 Å². The molecule has 1 fully saturated rings. The number of ketones is 1. The second kappa shape index (κ2) is 11.2. The van der Waals surface area contributed by atoms with Crippen molar-refractivity contribution in [3.63, 3.8) is 0 Å². The van der Waals surface area contributed by atoms with E-state index in [2.05, 4.69) is 0 Å². The summed E-state index contributed by atoms with van der Waals surface area (Å²) in [6, 6.07) is 20.8. The molecule has 1 saturated heterocycles. The lowest BCUT2D eigenvalue weighted by atomic mass is 9.95. The lowest BCUT2D eigenvalue weighted by molar-refractivity contribution is -0.140. The Labute approximate surface area is 220 Å². The van der Waals surface area contributed by atoms with Gasteiger partial charge in [0.1, 0.15) is 18.1 Å². The van der Waals surface area contributed by atoms with Crippen LogP contribution in [0.2, 0.25) is 10.0 Å². The Balaban J connectivity index is 1.75. The van der Waals surface area contributed by atoms with Crippen LogP contribution in [0.4, 0.5) is 0 Å². The number of likely N-dealkylation sites (N-methyl/N-ethyl adjacent to an activating group) is 1. The van der Waals surface area contributed by atoms with E-state index in [0.29, 0.717) is 41.6 Å². The predicted molar refractivity (Wildman–Crippen MR) is 141 cm³/mol. The van der Waals surface area contributed by atoms with E-state index in [1.54, 1.807) is 18.2 Å². The number of halogens is 2. The number of amides is 1. The lowest BCUT2D eigenvalue weighted by Crippen LogP contribution is -2.35. The van der Waals surface area contributed by atoms with Crippen LogP contribution >= 0.6 is 23.2 Å². The summed E-state index contributed by atoms with van der Waals surface area (Å²) in [5, 5.41) is 11.8. The van der Waals surface area contributed by atoms with E-state index >= 15 is 0 Å². The van der Waals surface area contributed by atoms with Gasteiger partial charge in [0.15, 0.2) is 0 Å². The van der Waals surface area contributed by atoms with Crippen LogP contribution in [0, 0.1) is 0 Å². The molecule has 4 rings (SSSR count). The SMILES string of the molecule is CN(C)CCN1C(=O)C(=O)/C(=C(\O)c2ccc(Cl)c(Cl)c2)C1c1cccc(OCc2ccccc2)c1. The smallest absolute Gasteiger partial charge is 0.295 e. The first-order valence-electron chi connectivity index (χ1n) is 11.4. The molecule has 0 aliphatic carbocycles. The Hall–Kier alpha value is -3.32. The molecular weight excluding hydrogens is 499 g/mol. The number of benzene rings is 3. The maximum atomic E-state index is 13.2. The zero-order valence-corrected chi connectivity index (χ0v) is 21.5. The molecule has 0 radical (unpaired) electrons. The van der Waals surface area contributed by atoms with Gasteiger partial charge in [-0.25, -0.2) is 0 Å². The summed E-state index contributed by atoms with van der Waals surface area (Å²) in [6.45, 7) is 1.21. The Morgan fingerprint density at radius 1 is 0.972 bits per heavy atom. The van der Waals surface area contributed by atoms with Gasteiger partial charge >= 0.3 is 0 Å².